The Bertz CT molecular complexity index is 441. The van der Waals surface area contributed by atoms with E-state index in [4.69, 9.17) is 0 Å². The summed E-state index contributed by atoms with van der Waals surface area (Å²) in [6, 6.07) is 6.92. The molecule has 0 amide bonds. The normalized spacial score (nSPS) is 11.4. The lowest BCUT2D eigenvalue weighted by Gasteiger charge is -2.06. The molecule has 1 rings (SSSR count). The van der Waals surface area contributed by atoms with E-state index in [9.17, 15) is 8.42 Å². The minimum atomic E-state index is -3.09. The summed E-state index contributed by atoms with van der Waals surface area (Å²) in [6.45, 7) is 0.937. The number of hydrogen-bond acceptors (Lipinski definition) is 4. The maximum Gasteiger partial charge on any atom is 0.175 e. The average molecular weight is 287 g/mol. The van der Waals surface area contributed by atoms with E-state index in [1.807, 2.05) is 23.9 Å². The van der Waals surface area contributed by atoms with Crippen molar-refractivity contribution in [2.45, 2.75) is 24.2 Å². The first-order valence-electron chi connectivity index (χ1n) is 6.07. The molecule has 3 nitrogen and oxygen atoms in total. The summed E-state index contributed by atoms with van der Waals surface area (Å²) in [7, 11) is -3.09. The Balaban J connectivity index is 2.32. The van der Waals surface area contributed by atoms with Crippen molar-refractivity contribution in [1.82, 2.24) is 0 Å². The lowest BCUT2D eigenvalue weighted by atomic mass is 10.2. The zero-order chi connectivity index (χ0) is 13.4. The van der Waals surface area contributed by atoms with Crippen LogP contribution in [0.4, 0.5) is 5.69 Å². The SMILES string of the molecule is CSCCCCCNc1ccc(S(C)(=O)=O)cc1. The van der Waals surface area contributed by atoms with Crippen LogP contribution in [0.25, 0.3) is 0 Å². The maximum absolute atomic E-state index is 11.3. The monoisotopic (exact) mass is 287 g/mol. The Morgan fingerprint density at radius 2 is 1.78 bits per heavy atom. The third-order valence-corrected chi connectivity index (χ3v) is 4.46. The Kier molecular flexibility index (Phi) is 6.57. The Morgan fingerprint density at radius 1 is 1.11 bits per heavy atom. The van der Waals surface area contributed by atoms with Crippen LogP contribution in [-0.4, -0.2) is 33.2 Å². The third kappa shape index (κ3) is 5.78. The average Bonchev–Trinajstić information content (AvgIpc) is 2.33. The number of benzene rings is 1. The molecule has 0 atom stereocenters. The van der Waals surface area contributed by atoms with Crippen LogP contribution in [0.2, 0.25) is 0 Å². The van der Waals surface area contributed by atoms with Crippen LogP contribution >= 0.6 is 11.8 Å². The van der Waals surface area contributed by atoms with Crippen molar-refractivity contribution in [1.29, 1.82) is 0 Å². The van der Waals surface area contributed by atoms with Gasteiger partial charge in [-0.15, -0.1) is 0 Å². The van der Waals surface area contributed by atoms with E-state index in [2.05, 4.69) is 11.6 Å². The largest absolute Gasteiger partial charge is 0.385 e. The van der Waals surface area contributed by atoms with Gasteiger partial charge in [-0.1, -0.05) is 6.42 Å². The van der Waals surface area contributed by atoms with Gasteiger partial charge in [0, 0.05) is 18.5 Å². The lowest BCUT2D eigenvalue weighted by molar-refractivity contribution is 0.602. The van der Waals surface area contributed by atoms with Crippen LogP contribution < -0.4 is 5.32 Å². The molecule has 0 aliphatic heterocycles. The van der Waals surface area contributed by atoms with E-state index in [0.29, 0.717) is 4.90 Å². The number of rotatable bonds is 8. The first kappa shape index (κ1) is 15.4. The fourth-order valence-corrected chi connectivity index (χ4v) is 2.72. The van der Waals surface area contributed by atoms with Crippen LogP contribution in [0.3, 0.4) is 0 Å². The van der Waals surface area contributed by atoms with E-state index in [-0.39, 0.29) is 0 Å². The summed E-state index contributed by atoms with van der Waals surface area (Å²) in [5, 5.41) is 3.30. The van der Waals surface area contributed by atoms with Crippen molar-refractivity contribution in [3.8, 4) is 0 Å². The second-order valence-electron chi connectivity index (χ2n) is 4.28. The van der Waals surface area contributed by atoms with Crippen molar-refractivity contribution >= 4 is 27.3 Å². The fourth-order valence-electron chi connectivity index (χ4n) is 1.60. The first-order valence-corrected chi connectivity index (χ1v) is 9.35. The van der Waals surface area contributed by atoms with Crippen molar-refractivity contribution in [3.05, 3.63) is 24.3 Å². The molecule has 5 heteroatoms. The van der Waals surface area contributed by atoms with Gasteiger partial charge in [0.05, 0.1) is 4.90 Å². The summed E-state index contributed by atoms with van der Waals surface area (Å²) in [5.41, 5.74) is 0.979. The van der Waals surface area contributed by atoms with Crippen LogP contribution in [0.5, 0.6) is 0 Å². The molecule has 102 valence electrons. The molecular formula is C13H21NO2S2. The molecular weight excluding hydrogens is 266 g/mol. The second kappa shape index (κ2) is 7.69. The van der Waals surface area contributed by atoms with E-state index in [1.165, 1.54) is 24.9 Å². The summed E-state index contributed by atoms with van der Waals surface area (Å²) in [6.07, 6.45) is 6.99. The lowest BCUT2D eigenvalue weighted by Crippen LogP contribution is -2.02. The molecule has 0 saturated carbocycles. The van der Waals surface area contributed by atoms with Gasteiger partial charge in [0.15, 0.2) is 9.84 Å². The van der Waals surface area contributed by atoms with Gasteiger partial charge in [-0.25, -0.2) is 8.42 Å². The van der Waals surface area contributed by atoms with Crippen LogP contribution in [0, 0.1) is 0 Å². The number of hydrogen-bond donors (Lipinski definition) is 1. The fraction of sp³-hybridized carbons (Fsp3) is 0.538. The van der Waals surface area contributed by atoms with Gasteiger partial charge in [-0.3, -0.25) is 0 Å². The van der Waals surface area contributed by atoms with Crippen LogP contribution in [0.15, 0.2) is 29.2 Å². The molecule has 1 aromatic carbocycles. The molecule has 1 aromatic rings. The van der Waals surface area contributed by atoms with Gasteiger partial charge < -0.3 is 5.32 Å². The first-order chi connectivity index (χ1) is 8.54. The predicted octanol–water partition coefficient (Wildman–Crippen LogP) is 3.04. The molecule has 18 heavy (non-hydrogen) atoms. The van der Waals surface area contributed by atoms with E-state index in [1.54, 1.807) is 12.1 Å². The van der Waals surface area contributed by atoms with Gasteiger partial charge in [-0.2, -0.15) is 11.8 Å². The molecule has 0 fully saturated rings. The van der Waals surface area contributed by atoms with Crippen molar-refractivity contribution < 1.29 is 8.42 Å². The molecule has 0 unspecified atom stereocenters. The number of thioether (sulfide) groups is 1. The van der Waals surface area contributed by atoms with E-state index < -0.39 is 9.84 Å². The molecule has 0 aliphatic rings. The highest BCUT2D eigenvalue weighted by atomic mass is 32.2. The van der Waals surface area contributed by atoms with E-state index in [0.717, 1.165) is 18.7 Å². The van der Waals surface area contributed by atoms with E-state index >= 15 is 0 Å². The molecule has 0 saturated heterocycles. The standard InChI is InChI=1S/C13H21NO2S2/c1-17-11-5-3-4-10-14-12-6-8-13(9-7-12)18(2,15)16/h6-9,14H,3-5,10-11H2,1-2H3. The molecule has 0 aliphatic carbocycles. The minimum Gasteiger partial charge on any atom is -0.385 e. The van der Waals surface area contributed by atoms with Crippen LogP contribution in [0.1, 0.15) is 19.3 Å². The predicted molar refractivity (Wildman–Crippen MR) is 80.3 cm³/mol. The smallest absolute Gasteiger partial charge is 0.175 e. The summed E-state index contributed by atoms with van der Waals surface area (Å²) in [4.78, 5) is 0.369. The van der Waals surface area contributed by atoms with Crippen molar-refractivity contribution in [2.24, 2.45) is 0 Å². The van der Waals surface area contributed by atoms with Gasteiger partial charge in [0.25, 0.3) is 0 Å². The topological polar surface area (TPSA) is 46.2 Å². The molecule has 1 N–H and O–H groups in total. The Morgan fingerprint density at radius 3 is 2.33 bits per heavy atom. The Hall–Kier alpha value is -0.680. The zero-order valence-electron chi connectivity index (χ0n) is 11.0. The second-order valence-corrected chi connectivity index (χ2v) is 7.28. The number of sulfone groups is 1. The summed E-state index contributed by atoms with van der Waals surface area (Å²) < 4.78 is 22.6. The minimum absolute atomic E-state index is 0.369. The molecule has 0 bridgehead atoms. The highest BCUT2D eigenvalue weighted by Crippen LogP contribution is 2.14. The van der Waals surface area contributed by atoms with Gasteiger partial charge in [0.2, 0.25) is 0 Å². The highest BCUT2D eigenvalue weighted by molar-refractivity contribution is 7.98. The zero-order valence-corrected chi connectivity index (χ0v) is 12.6. The van der Waals surface area contributed by atoms with Gasteiger partial charge in [-0.05, 0) is 49.1 Å². The number of nitrogens with one attached hydrogen (secondary N) is 1. The quantitative estimate of drug-likeness (QED) is 0.747. The number of anilines is 1. The molecule has 0 radical (unpaired) electrons. The summed E-state index contributed by atoms with van der Waals surface area (Å²) >= 11 is 1.88. The van der Waals surface area contributed by atoms with Crippen LogP contribution in [-0.2, 0) is 9.84 Å². The molecule has 0 aromatic heterocycles. The number of unbranched alkanes of at least 4 members (excludes halogenated alkanes) is 2. The van der Waals surface area contributed by atoms with Crippen molar-refractivity contribution in [3.63, 3.8) is 0 Å². The molecule has 0 spiro atoms. The third-order valence-electron chi connectivity index (χ3n) is 2.64. The Labute approximate surface area is 114 Å². The highest BCUT2D eigenvalue weighted by Gasteiger charge is 2.05. The van der Waals surface area contributed by atoms with Gasteiger partial charge >= 0.3 is 0 Å². The van der Waals surface area contributed by atoms with Crippen molar-refractivity contribution in [2.75, 3.05) is 30.1 Å². The summed E-state index contributed by atoms with van der Waals surface area (Å²) in [5.74, 6) is 1.23. The maximum atomic E-state index is 11.3. The molecule has 0 heterocycles. The van der Waals surface area contributed by atoms with Gasteiger partial charge in [0.1, 0.15) is 0 Å².